The zero-order valence-electron chi connectivity index (χ0n) is 13.5. The van der Waals surface area contributed by atoms with Crippen LogP contribution in [0, 0.1) is 11.7 Å². The average molecular weight is 345 g/mol. The molecule has 23 heavy (non-hydrogen) atoms. The van der Waals surface area contributed by atoms with Gasteiger partial charge in [-0.1, -0.05) is 37.9 Å². The fourth-order valence-corrected chi connectivity index (χ4v) is 2.33. The second-order valence-corrected chi connectivity index (χ2v) is 5.94. The summed E-state index contributed by atoms with van der Waals surface area (Å²) in [5.74, 6) is -1.91. The average Bonchev–Trinajstić information content (AvgIpc) is 2.50. The van der Waals surface area contributed by atoms with E-state index in [9.17, 15) is 19.1 Å². The number of hydrogen-bond acceptors (Lipinski definition) is 3. The van der Waals surface area contributed by atoms with Crippen molar-refractivity contribution in [1.29, 1.82) is 0 Å². The van der Waals surface area contributed by atoms with E-state index in [1.54, 1.807) is 13.0 Å². The summed E-state index contributed by atoms with van der Waals surface area (Å²) in [6.45, 7) is 3.58. The van der Waals surface area contributed by atoms with Crippen LogP contribution in [0.15, 0.2) is 18.2 Å². The van der Waals surface area contributed by atoms with Gasteiger partial charge in [0.15, 0.2) is 0 Å². The number of rotatable bonds is 8. The first-order chi connectivity index (χ1) is 10.8. The van der Waals surface area contributed by atoms with Gasteiger partial charge >= 0.3 is 5.97 Å². The number of likely N-dealkylation sites (N-methyl/N-ethyl adjacent to an activating group) is 1. The SMILES string of the molecule is CC[C@H](C)[C@H](NCC(=O)N(C)Cc1c(F)cccc1Cl)C(=O)O. The topological polar surface area (TPSA) is 69.6 Å². The van der Waals surface area contributed by atoms with Gasteiger partial charge in [-0.3, -0.25) is 14.9 Å². The molecular formula is C16H22ClFN2O3. The van der Waals surface area contributed by atoms with Crippen molar-refractivity contribution in [3.8, 4) is 0 Å². The third-order valence-corrected chi connectivity index (χ3v) is 4.19. The van der Waals surface area contributed by atoms with Gasteiger partial charge in [0, 0.05) is 24.2 Å². The molecule has 7 heteroatoms. The Morgan fingerprint density at radius 3 is 2.61 bits per heavy atom. The number of benzene rings is 1. The molecule has 0 bridgehead atoms. The van der Waals surface area contributed by atoms with Gasteiger partial charge in [-0.25, -0.2) is 4.39 Å². The van der Waals surface area contributed by atoms with Crippen LogP contribution in [0.4, 0.5) is 4.39 Å². The van der Waals surface area contributed by atoms with E-state index >= 15 is 0 Å². The molecule has 1 amide bonds. The highest BCUT2D eigenvalue weighted by Crippen LogP contribution is 2.20. The minimum Gasteiger partial charge on any atom is -0.480 e. The maximum absolute atomic E-state index is 13.7. The van der Waals surface area contributed by atoms with Crippen molar-refractivity contribution in [1.82, 2.24) is 10.2 Å². The number of nitrogens with zero attached hydrogens (tertiary/aromatic N) is 1. The molecule has 1 rings (SSSR count). The molecule has 0 spiro atoms. The fraction of sp³-hybridized carbons (Fsp3) is 0.500. The van der Waals surface area contributed by atoms with Crippen LogP contribution in [0.3, 0.4) is 0 Å². The number of hydrogen-bond donors (Lipinski definition) is 2. The zero-order chi connectivity index (χ0) is 17.6. The normalized spacial score (nSPS) is 13.4. The number of carboxylic acid groups (broad SMARTS) is 1. The van der Waals surface area contributed by atoms with Gasteiger partial charge in [0.2, 0.25) is 5.91 Å². The van der Waals surface area contributed by atoms with Crippen LogP contribution in [-0.2, 0) is 16.1 Å². The van der Waals surface area contributed by atoms with E-state index in [4.69, 9.17) is 11.6 Å². The Bertz CT molecular complexity index is 548. The highest BCUT2D eigenvalue weighted by Gasteiger charge is 2.24. The van der Waals surface area contributed by atoms with Crippen LogP contribution in [0.2, 0.25) is 5.02 Å². The predicted octanol–water partition coefficient (Wildman–Crippen LogP) is 2.53. The Morgan fingerprint density at radius 1 is 1.43 bits per heavy atom. The van der Waals surface area contributed by atoms with Gasteiger partial charge in [-0.2, -0.15) is 0 Å². The molecule has 0 heterocycles. The summed E-state index contributed by atoms with van der Waals surface area (Å²) in [5.41, 5.74) is 0.238. The monoisotopic (exact) mass is 344 g/mol. The summed E-state index contributed by atoms with van der Waals surface area (Å²) >= 11 is 5.94. The number of amides is 1. The van der Waals surface area contributed by atoms with E-state index in [0.29, 0.717) is 6.42 Å². The van der Waals surface area contributed by atoms with Gasteiger partial charge in [-0.15, -0.1) is 0 Å². The zero-order valence-corrected chi connectivity index (χ0v) is 14.2. The molecule has 0 aromatic heterocycles. The van der Waals surface area contributed by atoms with Crippen molar-refractivity contribution in [2.24, 2.45) is 5.92 Å². The molecule has 0 saturated heterocycles. The number of carboxylic acids is 1. The van der Waals surface area contributed by atoms with E-state index in [1.165, 1.54) is 24.1 Å². The smallest absolute Gasteiger partial charge is 0.320 e. The van der Waals surface area contributed by atoms with Gasteiger partial charge in [0.05, 0.1) is 6.54 Å². The Balaban J connectivity index is 2.65. The van der Waals surface area contributed by atoms with E-state index in [2.05, 4.69) is 5.32 Å². The minimum absolute atomic E-state index is 0.0209. The van der Waals surface area contributed by atoms with Crippen molar-refractivity contribution in [2.75, 3.05) is 13.6 Å². The number of nitrogens with one attached hydrogen (secondary N) is 1. The largest absolute Gasteiger partial charge is 0.480 e. The minimum atomic E-state index is -0.994. The number of carbonyl (C=O) groups excluding carboxylic acids is 1. The third kappa shape index (κ3) is 5.48. The van der Waals surface area contributed by atoms with E-state index in [0.717, 1.165) is 0 Å². The molecule has 1 aromatic rings. The van der Waals surface area contributed by atoms with Crippen molar-refractivity contribution >= 4 is 23.5 Å². The molecule has 0 radical (unpaired) electrons. The molecule has 5 nitrogen and oxygen atoms in total. The maximum atomic E-state index is 13.7. The van der Waals surface area contributed by atoms with E-state index < -0.39 is 17.8 Å². The lowest BCUT2D eigenvalue weighted by molar-refractivity contribution is -0.141. The van der Waals surface area contributed by atoms with E-state index in [1.807, 2.05) is 6.92 Å². The van der Waals surface area contributed by atoms with Crippen LogP contribution in [0.25, 0.3) is 0 Å². The first kappa shape index (κ1) is 19.4. The summed E-state index contributed by atoms with van der Waals surface area (Å²) in [4.78, 5) is 24.6. The van der Waals surface area contributed by atoms with Crippen LogP contribution in [0.5, 0.6) is 0 Å². The molecule has 0 fully saturated rings. The molecule has 2 atom stereocenters. The van der Waals surface area contributed by atoms with Gasteiger partial charge in [0.25, 0.3) is 0 Å². The molecule has 128 valence electrons. The van der Waals surface area contributed by atoms with Gasteiger partial charge in [-0.05, 0) is 18.1 Å². The molecular weight excluding hydrogens is 323 g/mol. The van der Waals surface area contributed by atoms with Crippen LogP contribution >= 0.6 is 11.6 Å². The number of halogens is 2. The van der Waals surface area contributed by atoms with Crippen molar-refractivity contribution in [2.45, 2.75) is 32.9 Å². The molecule has 0 unspecified atom stereocenters. The molecule has 2 N–H and O–H groups in total. The number of carbonyl (C=O) groups is 2. The van der Waals surface area contributed by atoms with Gasteiger partial charge < -0.3 is 10.0 Å². The molecule has 0 saturated carbocycles. The lowest BCUT2D eigenvalue weighted by atomic mass is 9.99. The Kier molecular flexibility index (Phi) is 7.45. The third-order valence-electron chi connectivity index (χ3n) is 3.83. The van der Waals surface area contributed by atoms with Crippen molar-refractivity contribution in [3.05, 3.63) is 34.6 Å². The number of aliphatic carboxylic acids is 1. The lowest BCUT2D eigenvalue weighted by Crippen LogP contribution is -2.46. The summed E-state index contributed by atoms with van der Waals surface area (Å²) < 4.78 is 13.7. The van der Waals surface area contributed by atoms with Crippen LogP contribution in [-0.4, -0.2) is 41.5 Å². The Labute approximate surface area is 140 Å². The second kappa shape index (κ2) is 8.84. The summed E-state index contributed by atoms with van der Waals surface area (Å²) in [6, 6.07) is 3.53. The predicted molar refractivity (Wildman–Crippen MR) is 86.8 cm³/mol. The summed E-state index contributed by atoms with van der Waals surface area (Å²) in [5, 5.41) is 12.2. The van der Waals surface area contributed by atoms with Crippen molar-refractivity contribution < 1.29 is 19.1 Å². The fourth-order valence-electron chi connectivity index (χ4n) is 2.11. The summed E-state index contributed by atoms with van der Waals surface area (Å²) in [6.07, 6.45) is 0.679. The highest BCUT2D eigenvalue weighted by molar-refractivity contribution is 6.31. The second-order valence-electron chi connectivity index (χ2n) is 5.53. The molecule has 1 aromatic carbocycles. The maximum Gasteiger partial charge on any atom is 0.320 e. The van der Waals surface area contributed by atoms with Crippen molar-refractivity contribution in [3.63, 3.8) is 0 Å². The molecule has 0 aliphatic carbocycles. The molecule has 0 aliphatic heterocycles. The van der Waals surface area contributed by atoms with E-state index in [-0.39, 0.29) is 35.5 Å². The quantitative estimate of drug-likeness (QED) is 0.760. The van der Waals surface area contributed by atoms with Crippen LogP contribution < -0.4 is 5.32 Å². The lowest BCUT2D eigenvalue weighted by Gasteiger charge is -2.23. The molecule has 0 aliphatic rings. The highest BCUT2D eigenvalue weighted by atomic mass is 35.5. The standard InChI is InChI=1S/C16H22ClFN2O3/c1-4-10(2)15(16(22)23)19-8-14(21)20(3)9-11-12(17)6-5-7-13(11)18/h5-7,10,15,19H,4,8-9H2,1-3H3,(H,22,23)/t10-,15-/m0/s1. The first-order valence-electron chi connectivity index (χ1n) is 7.40. The summed E-state index contributed by atoms with van der Waals surface area (Å²) in [7, 11) is 1.52. The van der Waals surface area contributed by atoms with Crippen LogP contribution in [0.1, 0.15) is 25.8 Å². The van der Waals surface area contributed by atoms with Gasteiger partial charge in [0.1, 0.15) is 11.9 Å². The Hall–Kier alpha value is -1.66. The Morgan fingerprint density at radius 2 is 2.09 bits per heavy atom. The first-order valence-corrected chi connectivity index (χ1v) is 7.78.